The Morgan fingerprint density at radius 2 is 2.00 bits per heavy atom. The molecule has 0 atom stereocenters. The fourth-order valence-electron chi connectivity index (χ4n) is 0.970. The summed E-state index contributed by atoms with van der Waals surface area (Å²) in [5, 5.41) is 4.83. The molecule has 0 unspecified atom stereocenters. The zero-order valence-corrected chi connectivity index (χ0v) is 8.80. The Morgan fingerprint density at radius 3 is 2.47 bits per heavy atom. The van der Waals surface area contributed by atoms with Gasteiger partial charge in [-0.3, -0.25) is 4.79 Å². The Labute approximate surface area is 94.4 Å². The lowest BCUT2D eigenvalue weighted by Gasteiger charge is -2.10. The molecule has 0 aromatic carbocycles. The first kappa shape index (κ1) is 13.0. The van der Waals surface area contributed by atoms with Gasteiger partial charge in [-0.2, -0.15) is 13.2 Å². The number of carbonyl (C=O) groups is 1. The van der Waals surface area contributed by atoms with Crippen molar-refractivity contribution >= 4 is 17.5 Å². The number of hydrogen-bond donors (Lipinski definition) is 3. The minimum atomic E-state index is -4.66. The van der Waals surface area contributed by atoms with Crippen molar-refractivity contribution in [2.45, 2.75) is 6.18 Å². The predicted molar refractivity (Wildman–Crippen MR) is 54.3 cm³/mol. The highest BCUT2D eigenvalue weighted by molar-refractivity contribution is 5.78. The zero-order chi connectivity index (χ0) is 13.1. The van der Waals surface area contributed by atoms with Crippen molar-refractivity contribution in [1.82, 2.24) is 9.97 Å². The van der Waals surface area contributed by atoms with Crippen molar-refractivity contribution in [1.29, 1.82) is 0 Å². The SMILES string of the molecule is CNc1cc(NCC(N)=O)nc(C(F)(F)F)n1. The quantitative estimate of drug-likeness (QED) is 0.719. The molecule has 0 fully saturated rings. The third kappa shape index (κ3) is 3.78. The average Bonchev–Trinajstić information content (AvgIpc) is 2.24. The molecule has 1 aromatic heterocycles. The molecule has 0 saturated carbocycles. The van der Waals surface area contributed by atoms with E-state index in [1.165, 1.54) is 13.1 Å². The summed E-state index contributed by atoms with van der Waals surface area (Å²) in [6.45, 7) is -0.308. The van der Waals surface area contributed by atoms with E-state index >= 15 is 0 Å². The summed E-state index contributed by atoms with van der Waals surface area (Å²) in [6.07, 6.45) is -4.66. The van der Waals surface area contributed by atoms with Crippen LogP contribution in [0.5, 0.6) is 0 Å². The molecular formula is C8H10F3N5O. The average molecular weight is 249 g/mol. The van der Waals surface area contributed by atoms with Crippen LogP contribution in [-0.4, -0.2) is 29.5 Å². The van der Waals surface area contributed by atoms with Crippen molar-refractivity contribution in [2.24, 2.45) is 5.73 Å². The minimum absolute atomic E-state index is 0.0145. The van der Waals surface area contributed by atoms with E-state index in [-0.39, 0.29) is 18.2 Å². The van der Waals surface area contributed by atoms with Gasteiger partial charge in [0.05, 0.1) is 6.54 Å². The van der Waals surface area contributed by atoms with Crippen molar-refractivity contribution in [3.63, 3.8) is 0 Å². The number of rotatable bonds is 4. The molecule has 9 heteroatoms. The number of nitrogens with two attached hydrogens (primary N) is 1. The number of primary amides is 1. The molecule has 0 aliphatic rings. The molecule has 4 N–H and O–H groups in total. The number of nitrogens with zero attached hydrogens (tertiary/aromatic N) is 2. The van der Waals surface area contributed by atoms with E-state index in [0.717, 1.165) is 0 Å². The van der Waals surface area contributed by atoms with E-state index in [0.29, 0.717) is 0 Å². The van der Waals surface area contributed by atoms with Gasteiger partial charge in [-0.05, 0) is 0 Å². The molecule has 1 rings (SSSR count). The van der Waals surface area contributed by atoms with Gasteiger partial charge < -0.3 is 16.4 Å². The van der Waals surface area contributed by atoms with Gasteiger partial charge in [-0.15, -0.1) is 0 Å². The molecule has 1 aromatic rings. The van der Waals surface area contributed by atoms with Gasteiger partial charge in [-0.1, -0.05) is 0 Å². The van der Waals surface area contributed by atoms with Crippen LogP contribution in [0.2, 0.25) is 0 Å². The van der Waals surface area contributed by atoms with Gasteiger partial charge in [0.25, 0.3) is 0 Å². The van der Waals surface area contributed by atoms with Crippen LogP contribution in [0.4, 0.5) is 24.8 Å². The van der Waals surface area contributed by atoms with Gasteiger partial charge in [0.2, 0.25) is 11.7 Å². The maximum atomic E-state index is 12.4. The summed E-state index contributed by atoms with van der Waals surface area (Å²) in [4.78, 5) is 17.0. The third-order valence-corrected chi connectivity index (χ3v) is 1.68. The highest BCUT2D eigenvalue weighted by Gasteiger charge is 2.35. The van der Waals surface area contributed by atoms with Gasteiger partial charge in [0, 0.05) is 13.1 Å². The number of amides is 1. The highest BCUT2D eigenvalue weighted by atomic mass is 19.4. The fourth-order valence-corrected chi connectivity index (χ4v) is 0.970. The largest absolute Gasteiger partial charge is 0.451 e. The lowest BCUT2D eigenvalue weighted by Crippen LogP contribution is -2.23. The van der Waals surface area contributed by atoms with E-state index in [1.54, 1.807) is 0 Å². The van der Waals surface area contributed by atoms with E-state index in [2.05, 4.69) is 20.6 Å². The summed E-state index contributed by atoms with van der Waals surface area (Å²) in [5.41, 5.74) is 4.85. The minimum Gasteiger partial charge on any atom is -0.373 e. The monoisotopic (exact) mass is 249 g/mol. The van der Waals surface area contributed by atoms with Gasteiger partial charge in [-0.25, -0.2) is 9.97 Å². The normalized spacial score (nSPS) is 11.1. The molecular weight excluding hydrogens is 239 g/mol. The summed E-state index contributed by atoms with van der Waals surface area (Å²) in [5.74, 6) is -2.14. The highest BCUT2D eigenvalue weighted by Crippen LogP contribution is 2.28. The molecule has 0 aliphatic heterocycles. The van der Waals surface area contributed by atoms with Gasteiger partial charge in [0.15, 0.2) is 0 Å². The topological polar surface area (TPSA) is 92.9 Å². The van der Waals surface area contributed by atoms with E-state index in [9.17, 15) is 18.0 Å². The van der Waals surface area contributed by atoms with Crippen molar-refractivity contribution < 1.29 is 18.0 Å². The summed E-state index contributed by atoms with van der Waals surface area (Å²) in [7, 11) is 1.42. The maximum absolute atomic E-state index is 12.4. The Bertz CT molecular complexity index is 420. The Morgan fingerprint density at radius 1 is 1.41 bits per heavy atom. The van der Waals surface area contributed by atoms with Crippen LogP contribution in [-0.2, 0) is 11.0 Å². The number of nitrogens with one attached hydrogen (secondary N) is 2. The van der Waals surface area contributed by atoms with E-state index in [1.807, 2.05) is 0 Å². The summed E-state index contributed by atoms with van der Waals surface area (Å²) >= 11 is 0. The second kappa shape index (κ2) is 4.85. The summed E-state index contributed by atoms with van der Waals surface area (Å²) < 4.78 is 37.2. The molecule has 1 amide bonds. The van der Waals surface area contributed by atoms with Crippen LogP contribution in [0, 0.1) is 0 Å². The number of alkyl halides is 3. The van der Waals surface area contributed by atoms with Crippen molar-refractivity contribution in [2.75, 3.05) is 24.2 Å². The van der Waals surface area contributed by atoms with Crippen LogP contribution in [0.25, 0.3) is 0 Å². The molecule has 0 bridgehead atoms. The number of halogens is 3. The molecule has 17 heavy (non-hydrogen) atoms. The fraction of sp³-hybridized carbons (Fsp3) is 0.375. The van der Waals surface area contributed by atoms with Crippen molar-refractivity contribution in [3.8, 4) is 0 Å². The lowest BCUT2D eigenvalue weighted by atomic mass is 10.4. The second-order valence-corrected chi connectivity index (χ2v) is 3.03. The molecule has 0 spiro atoms. The van der Waals surface area contributed by atoms with Crippen LogP contribution in [0.3, 0.4) is 0 Å². The first-order chi connectivity index (χ1) is 7.82. The molecule has 0 aliphatic carbocycles. The smallest absolute Gasteiger partial charge is 0.373 e. The number of hydrogen-bond acceptors (Lipinski definition) is 5. The van der Waals surface area contributed by atoms with Crippen LogP contribution >= 0.6 is 0 Å². The summed E-state index contributed by atoms with van der Waals surface area (Å²) in [6, 6.07) is 1.23. The second-order valence-electron chi connectivity index (χ2n) is 3.03. The van der Waals surface area contributed by atoms with Crippen LogP contribution in [0.1, 0.15) is 5.82 Å². The first-order valence-electron chi connectivity index (χ1n) is 4.49. The Balaban J connectivity index is 3.01. The Kier molecular flexibility index (Phi) is 3.71. The van der Waals surface area contributed by atoms with Crippen molar-refractivity contribution in [3.05, 3.63) is 11.9 Å². The maximum Gasteiger partial charge on any atom is 0.451 e. The van der Waals surface area contributed by atoms with Gasteiger partial charge >= 0.3 is 6.18 Å². The molecule has 94 valence electrons. The molecule has 6 nitrogen and oxygen atoms in total. The number of anilines is 2. The first-order valence-corrected chi connectivity index (χ1v) is 4.49. The lowest BCUT2D eigenvalue weighted by molar-refractivity contribution is -0.144. The standard InChI is InChI=1S/C8H10F3N5O/c1-13-5-2-6(14-3-4(12)17)16-7(15-5)8(9,10)11/h2H,3H2,1H3,(H2,12,17)(H2,13,14,15,16). The van der Waals surface area contributed by atoms with Gasteiger partial charge in [0.1, 0.15) is 11.6 Å². The zero-order valence-electron chi connectivity index (χ0n) is 8.80. The third-order valence-electron chi connectivity index (χ3n) is 1.68. The number of carbonyl (C=O) groups excluding carboxylic acids is 1. The van der Waals surface area contributed by atoms with E-state index in [4.69, 9.17) is 5.73 Å². The molecule has 0 saturated heterocycles. The van der Waals surface area contributed by atoms with Crippen LogP contribution < -0.4 is 16.4 Å². The van der Waals surface area contributed by atoms with E-state index < -0.39 is 17.9 Å². The number of aromatic nitrogens is 2. The Hall–Kier alpha value is -2.06. The predicted octanol–water partition coefficient (Wildman–Crippen LogP) is 0.434. The molecule has 1 heterocycles. The van der Waals surface area contributed by atoms with Crippen LogP contribution in [0.15, 0.2) is 6.07 Å². The molecule has 0 radical (unpaired) electrons.